The van der Waals surface area contributed by atoms with Crippen molar-refractivity contribution < 1.29 is 4.79 Å². The van der Waals surface area contributed by atoms with Gasteiger partial charge in [-0.25, -0.2) is 0 Å². The number of alkyl halides is 1. The van der Waals surface area contributed by atoms with Gasteiger partial charge in [0, 0.05) is 24.3 Å². The Morgan fingerprint density at radius 2 is 2.11 bits per heavy atom. The molecule has 0 radical (unpaired) electrons. The van der Waals surface area contributed by atoms with E-state index in [-0.39, 0.29) is 11.9 Å². The first-order valence-corrected chi connectivity index (χ1v) is 7.57. The minimum Gasteiger partial charge on any atom is -0.339 e. The van der Waals surface area contributed by atoms with E-state index < -0.39 is 0 Å². The predicted molar refractivity (Wildman–Crippen MR) is 80.1 cm³/mol. The van der Waals surface area contributed by atoms with Crippen molar-refractivity contribution in [2.45, 2.75) is 39.7 Å². The van der Waals surface area contributed by atoms with Gasteiger partial charge in [0.15, 0.2) is 0 Å². The minimum atomic E-state index is 0.242. The predicted octanol–water partition coefficient (Wildman–Crippen LogP) is 3.56. The average Bonchev–Trinajstić information content (AvgIpc) is 2.32. The second-order valence-electron chi connectivity index (χ2n) is 4.86. The molecule has 1 amide bonds. The first kappa shape index (κ1) is 15.2. The third kappa shape index (κ3) is 4.81. The number of carbonyl (C=O) groups excluding carboxylic acids is 1. The molecular weight excluding hydrogens is 290 g/mol. The number of amides is 1. The molecule has 0 aliphatic heterocycles. The van der Waals surface area contributed by atoms with E-state index in [0.29, 0.717) is 6.42 Å². The molecule has 3 heteroatoms. The maximum atomic E-state index is 12.1. The molecule has 1 aromatic carbocycles. The zero-order chi connectivity index (χ0) is 13.5. The van der Waals surface area contributed by atoms with E-state index in [2.05, 4.69) is 54.9 Å². The number of rotatable bonds is 6. The van der Waals surface area contributed by atoms with Gasteiger partial charge in [0.2, 0.25) is 5.91 Å². The molecule has 0 spiro atoms. The molecule has 0 heterocycles. The van der Waals surface area contributed by atoms with Crippen LogP contribution in [0.25, 0.3) is 0 Å². The lowest BCUT2D eigenvalue weighted by Crippen LogP contribution is -2.38. The van der Waals surface area contributed by atoms with Crippen LogP contribution in [0, 0.1) is 6.92 Å². The van der Waals surface area contributed by atoms with Crippen molar-refractivity contribution in [3.63, 3.8) is 0 Å². The molecule has 0 atom stereocenters. The van der Waals surface area contributed by atoms with Crippen molar-refractivity contribution >= 4 is 21.8 Å². The largest absolute Gasteiger partial charge is 0.339 e. The summed E-state index contributed by atoms with van der Waals surface area (Å²) in [5.74, 6) is 0.242. The van der Waals surface area contributed by atoms with Crippen molar-refractivity contribution in [3.05, 3.63) is 35.4 Å². The number of carbonyl (C=O) groups is 1. The summed E-state index contributed by atoms with van der Waals surface area (Å²) in [7, 11) is 0. The number of hydrogen-bond donors (Lipinski definition) is 0. The number of benzene rings is 1. The summed E-state index contributed by atoms with van der Waals surface area (Å²) in [6, 6.07) is 8.64. The van der Waals surface area contributed by atoms with Gasteiger partial charge in [0.25, 0.3) is 0 Å². The van der Waals surface area contributed by atoms with E-state index in [1.54, 1.807) is 0 Å². The van der Waals surface area contributed by atoms with Gasteiger partial charge >= 0.3 is 0 Å². The van der Waals surface area contributed by atoms with Crippen LogP contribution in [0.4, 0.5) is 0 Å². The maximum absolute atomic E-state index is 12.1. The number of nitrogens with zero attached hydrogens (tertiary/aromatic N) is 1. The van der Waals surface area contributed by atoms with Crippen LogP contribution in [0.1, 0.15) is 31.4 Å². The van der Waals surface area contributed by atoms with Gasteiger partial charge in [-0.1, -0.05) is 45.8 Å². The Hall–Kier alpha value is -0.830. The third-order valence-corrected chi connectivity index (χ3v) is 3.33. The minimum absolute atomic E-state index is 0.242. The molecule has 0 unspecified atom stereocenters. The summed E-state index contributed by atoms with van der Waals surface area (Å²) in [6.07, 6.45) is 1.42. The fourth-order valence-electron chi connectivity index (χ4n) is 2.02. The molecule has 0 aliphatic carbocycles. The zero-order valence-corrected chi connectivity index (χ0v) is 13.0. The monoisotopic (exact) mass is 311 g/mol. The van der Waals surface area contributed by atoms with Gasteiger partial charge in [-0.3, -0.25) is 4.79 Å². The Balaban J connectivity index is 2.54. The third-order valence-electron chi connectivity index (χ3n) is 2.98. The van der Waals surface area contributed by atoms with Crippen molar-refractivity contribution in [1.82, 2.24) is 4.90 Å². The lowest BCUT2D eigenvalue weighted by molar-refractivity contribution is -0.132. The summed E-state index contributed by atoms with van der Waals surface area (Å²) in [6.45, 7) is 6.99. The van der Waals surface area contributed by atoms with Crippen molar-refractivity contribution in [2.75, 3.05) is 11.9 Å². The first-order chi connectivity index (χ1) is 8.54. The van der Waals surface area contributed by atoms with Crippen LogP contribution in [0.2, 0.25) is 0 Å². The van der Waals surface area contributed by atoms with Crippen LogP contribution >= 0.6 is 15.9 Å². The maximum Gasteiger partial charge on any atom is 0.223 e. The number of hydrogen-bond acceptors (Lipinski definition) is 1. The molecule has 0 aromatic heterocycles. The molecule has 0 saturated carbocycles. The standard InChI is InChI=1S/C15H22BrNO/c1-12(2)17(10-9-16)15(18)8-7-14-6-4-5-13(3)11-14/h4-6,11-12H,7-10H2,1-3H3. The SMILES string of the molecule is Cc1cccc(CCC(=O)N(CCBr)C(C)C)c1. The highest BCUT2D eigenvalue weighted by Gasteiger charge is 2.15. The van der Waals surface area contributed by atoms with Crippen LogP contribution < -0.4 is 0 Å². The second-order valence-corrected chi connectivity index (χ2v) is 5.65. The normalized spacial score (nSPS) is 10.7. The van der Waals surface area contributed by atoms with E-state index in [0.717, 1.165) is 18.3 Å². The molecule has 18 heavy (non-hydrogen) atoms. The molecular formula is C15H22BrNO. The Morgan fingerprint density at radius 3 is 2.67 bits per heavy atom. The van der Waals surface area contributed by atoms with E-state index in [1.807, 2.05) is 11.0 Å². The summed E-state index contributed by atoms with van der Waals surface area (Å²) in [5.41, 5.74) is 2.49. The highest BCUT2D eigenvalue weighted by molar-refractivity contribution is 9.09. The van der Waals surface area contributed by atoms with Crippen molar-refractivity contribution in [1.29, 1.82) is 0 Å². The summed E-state index contributed by atoms with van der Waals surface area (Å²) >= 11 is 3.40. The Labute approximate surface area is 119 Å². The van der Waals surface area contributed by atoms with E-state index in [9.17, 15) is 4.79 Å². The van der Waals surface area contributed by atoms with Crippen molar-refractivity contribution in [3.8, 4) is 0 Å². The van der Waals surface area contributed by atoms with E-state index >= 15 is 0 Å². The van der Waals surface area contributed by atoms with E-state index in [4.69, 9.17) is 0 Å². The first-order valence-electron chi connectivity index (χ1n) is 6.45. The highest BCUT2D eigenvalue weighted by atomic mass is 79.9. The molecule has 1 rings (SSSR count). The fraction of sp³-hybridized carbons (Fsp3) is 0.533. The van der Waals surface area contributed by atoms with Crippen LogP contribution in [-0.2, 0) is 11.2 Å². The molecule has 0 aliphatic rings. The van der Waals surface area contributed by atoms with Gasteiger partial charge in [-0.05, 0) is 32.8 Å². The summed E-state index contributed by atoms with van der Waals surface area (Å²) < 4.78 is 0. The van der Waals surface area contributed by atoms with Crippen molar-refractivity contribution in [2.24, 2.45) is 0 Å². The molecule has 100 valence electrons. The second kappa shape index (κ2) is 7.57. The van der Waals surface area contributed by atoms with E-state index in [1.165, 1.54) is 11.1 Å². The number of halogens is 1. The highest BCUT2D eigenvalue weighted by Crippen LogP contribution is 2.09. The molecule has 2 nitrogen and oxygen atoms in total. The summed E-state index contributed by atoms with van der Waals surface area (Å²) in [4.78, 5) is 14.1. The Kier molecular flexibility index (Phi) is 6.41. The summed E-state index contributed by atoms with van der Waals surface area (Å²) in [5, 5.41) is 0.835. The molecule has 0 fully saturated rings. The number of aryl methyl sites for hydroxylation is 2. The lowest BCUT2D eigenvalue weighted by Gasteiger charge is -2.26. The smallest absolute Gasteiger partial charge is 0.223 e. The fourth-order valence-corrected chi connectivity index (χ4v) is 2.41. The topological polar surface area (TPSA) is 20.3 Å². The lowest BCUT2D eigenvalue weighted by atomic mass is 10.1. The van der Waals surface area contributed by atoms with Crippen LogP contribution in [0.15, 0.2) is 24.3 Å². The van der Waals surface area contributed by atoms with Gasteiger partial charge in [0.05, 0.1) is 0 Å². The van der Waals surface area contributed by atoms with Crippen LogP contribution in [0.5, 0.6) is 0 Å². The molecule has 0 N–H and O–H groups in total. The Bertz CT molecular complexity index is 390. The quantitative estimate of drug-likeness (QED) is 0.736. The average molecular weight is 312 g/mol. The van der Waals surface area contributed by atoms with Gasteiger partial charge < -0.3 is 4.90 Å². The Morgan fingerprint density at radius 1 is 1.39 bits per heavy atom. The molecule has 0 bridgehead atoms. The van der Waals surface area contributed by atoms with Crippen LogP contribution in [-0.4, -0.2) is 28.7 Å². The van der Waals surface area contributed by atoms with Crippen LogP contribution in [0.3, 0.4) is 0 Å². The zero-order valence-electron chi connectivity index (χ0n) is 11.4. The molecule has 0 saturated heterocycles. The van der Waals surface area contributed by atoms with Gasteiger partial charge in [-0.15, -0.1) is 0 Å². The van der Waals surface area contributed by atoms with Gasteiger partial charge in [0.1, 0.15) is 0 Å². The molecule has 1 aromatic rings. The van der Waals surface area contributed by atoms with Gasteiger partial charge in [-0.2, -0.15) is 0 Å².